The van der Waals surface area contributed by atoms with E-state index in [1.807, 2.05) is 6.92 Å². The number of imidazole rings is 1. The van der Waals surface area contributed by atoms with Gasteiger partial charge in [0, 0.05) is 0 Å². The van der Waals surface area contributed by atoms with Crippen LogP contribution in [0.5, 0.6) is 5.75 Å². The smallest absolute Gasteiger partial charge is 0.459 e. The molecule has 0 amide bonds. The summed E-state index contributed by atoms with van der Waals surface area (Å²) in [5.74, 6) is -0.140. The van der Waals surface area contributed by atoms with Crippen LogP contribution in [0.2, 0.25) is 0 Å². The van der Waals surface area contributed by atoms with Crippen molar-refractivity contribution in [1.29, 1.82) is 0 Å². The van der Waals surface area contributed by atoms with Crippen molar-refractivity contribution in [2.45, 2.75) is 65.0 Å². The summed E-state index contributed by atoms with van der Waals surface area (Å²) in [4.78, 5) is 35.2. The van der Waals surface area contributed by atoms with E-state index in [1.165, 1.54) is 13.3 Å². The standard InChI is InChI=1S/C24H33N6O7P/c1-14(2)35-23(32)16(4)29-38(33,37-17-8-6-5-7-9-17)34-12-18-10-15(3)19(36-18)11-30-13-26-20-21(30)27-24(25)28-22(20)31/h5-9,13-16,18-19H,10-12H2,1-4H3,(H,29,33)(H3,25,27,28,31)/t15-,16?,18-,19?,38?/m0/s1. The number of carbonyl (C=O) groups excluding carboxylic acids is 1. The molecule has 1 aromatic carbocycles. The Balaban J connectivity index is 1.42. The van der Waals surface area contributed by atoms with Crippen molar-refractivity contribution >= 4 is 30.8 Å². The first kappa shape index (κ1) is 27.8. The number of esters is 1. The number of rotatable bonds is 11. The van der Waals surface area contributed by atoms with Gasteiger partial charge in [0.05, 0.1) is 37.8 Å². The molecule has 14 heteroatoms. The molecule has 0 bridgehead atoms. The van der Waals surface area contributed by atoms with Crippen LogP contribution in [-0.2, 0) is 29.9 Å². The van der Waals surface area contributed by atoms with Crippen LogP contribution in [0.25, 0.3) is 11.2 Å². The fraction of sp³-hybridized carbons (Fsp3) is 0.500. The van der Waals surface area contributed by atoms with Crippen molar-refractivity contribution in [2.75, 3.05) is 12.3 Å². The summed E-state index contributed by atoms with van der Waals surface area (Å²) in [5, 5.41) is 2.68. The summed E-state index contributed by atoms with van der Waals surface area (Å²) in [5.41, 5.74) is 5.85. The first-order valence-electron chi connectivity index (χ1n) is 12.4. The van der Waals surface area contributed by atoms with Gasteiger partial charge in [-0.15, -0.1) is 0 Å². The SMILES string of the molecule is CC(C)OC(=O)C(C)NP(=O)(OC[C@@H]1C[C@H](C)C(Cn2cnc3c(=O)[nH]c(N)nc32)O1)Oc1ccccc1. The van der Waals surface area contributed by atoms with E-state index in [0.29, 0.717) is 24.4 Å². The molecule has 4 rings (SSSR count). The molecular formula is C24H33N6O7P. The average molecular weight is 549 g/mol. The Bertz CT molecular complexity index is 1360. The molecule has 38 heavy (non-hydrogen) atoms. The molecular weight excluding hydrogens is 515 g/mol. The minimum Gasteiger partial charge on any atom is -0.462 e. The molecule has 3 aromatic rings. The maximum atomic E-state index is 13.7. The topological polar surface area (TPSA) is 173 Å². The van der Waals surface area contributed by atoms with E-state index in [1.54, 1.807) is 48.7 Å². The van der Waals surface area contributed by atoms with Crippen LogP contribution in [0, 0.1) is 5.92 Å². The van der Waals surface area contributed by atoms with Crippen molar-refractivity contribution in [2.24, 2.45) is 5.92 Å². The van der Waals surface area contributed by atoms with Crippen LogP contribution in [0.4, 0.5) is 5.95 Å². The van der Waals surface area contributed by atoms with Gasteiger partial charge < -0.3 is 24.3 Å². The number of anilines is 1. The van der Waals surface area contributed by atoms with E-state index >= 15 is 0 Å². The lowest BCUT2D eigenvalue weighted by Gasteiger charge is -2.24. The summed E-state index contributed by atoms with van der Waals surface area (Å²) in [6.45, 7) is 7.36. The maximum Gasteiger partial charge on any atom is 0.459 e. The van der Waals surface area contributed by atoms with Crippen molar-refractivity contribution in [1.82, 2.24) is 24.6 Å². The summed E-state index contributed by atoms with van der Waals surface area (Å²) < 4.78 is 38.3. The van der Waals surface area contributed by atoms with Crippen LogP contribution in [0.15, 0.2) is 41.5 Å². The van der Waals surface area contributed by atoms with Gasteiger partial charge >= 0.3 is 13.7 Å². The van der Waals surface area contributed by atoms with E-state index in [0.717, 1.165) is 0 Å². The molecule has 0 radical (unpaired) electrons. The van der Waals surface area contributed by atoms with Gasteiger partial charge in [-0.25, -0.2) is 9.55 Å². The monoisotopic (exact) mass is 548 g/mol. The normalized spacial score (nSPS) is 21.9. The highest BCUT2D eigenvalue weighted by Crippen LogP contribution is 2.45. The lowest BCUT2D eigenvalue weighted by molar-refractivity contribution is -0.149. The molecule has 13 nitrogen and oxygen atoms in total. The third-order valence-corrected chi connectivity index (χ3v) is 7.61. The van der Waals surface area contributed by atoms with Crippen molar-refractivity contribution < 1.29 is 27.9 Å². The van der Waals surface area contributed by atoms with Gasteiger partial charge in [0.2, 0.25) is 5.95 Å². The van der Waals surface area contributed by atoms with Gasteiger partial charge in [-0.3, -0.25) is 19.1 Å². The van der Waals surface area contributed by atoms with Crippen LogP contribution in [-0.4, -0.2) is 56.4 Å². The van der Waals surface area contributed by atoms with Crippen molar-refractivity contribution in [3.8, 4) is 5.75 Å². The predicted molar refractivity (Wildman–Crippen MR) is 139 cm³/mol. The number of nitrogens with one attached hydrogen (secondary N) is 2. The molecule has 3 heterocycles. The van der Waals surface area contributed by atoms with Gasteiger partial charge in [-0.2, -0.15) is 10.1 Å². The Morgan fingerprint density at radius 2 is 2.05 bits per heavy atom. The predicted octanol–water partition coefficient (Wildman–Crippen LogP) is 2.63. The van der Waals surface area contributed by atoms with E-state index in [2.05, 4.69) is 20.0 Å². The molecule has 4 N–H and O–H groups in total. The number of H-pyrrole nitrogens is 1. The number of ether oxygens (including phenoxy) is 2. The van der Waals surface area contributed by atoms with Crippen LogP contribution in [0.1, 0.15) is 34.1 Å². The summed E-state index contributed by atoms with van der Waals surface area (Å²) >= 11 is 0. The number of nitrogen functional groups attached to an aromatic ring is 1. The molecule has 3 unspecified atom stereocenters. The van der Waals surface area contributed by atoms with Gasteiger partial charge in [0.1, 0.15) is 11.8 Å². The molecule has 0 spiro atoms. The second-order valence-corrected chi connectivity index (χ2v) is 11.3. The fourth-order valence-corrected chi connectivity index (χ4v) is 5.67. The van der Waals surface area contributed by atoms with Crippen LogP contribution in [0.3, 0.4) is 0 Å². The minimum absolute atomic E-state index is 0.00379. The zero-order chi connectivity index (χ0) is 27.4. The van der Waals surface area contributed by atoms with Crippen molar-refractivity contribution in [3.63, 3.8) is 0 Å². The quantitative estimate of drug-likeness (QED) is 0.237. The van der Waals surface area contributed by atoms with Gasteiger partial charge in [0.25, 0.3) is 5.56 Å². The number of nitrogens with two attached hydrogens (primary N) is 1. The number of fused-ring (bicyclic) bond motifs is 1. The summed E-state index contributed by atoms with van der Waals surface area (Å²) in [6, 6.07) is 7.60. The Morgan fingerprint density at radius 1 is 1.32 bits per heavy atom. The Labute approximate surface area is 219 Å². The molecule has 5 atom stereocenters. The molecule has 0 saturated carbocycles. The summed E-state index contributed by atoms with van der Waals surface area (Å²) in [6.07, 6.45) is 1.19. The van der Waals surface area contributed by atoms with E-state index in [-0.39, 0.29) is 36.2 Å². The second kappa shape index (κ2) is 11.6. The van der Waals surface area contributed by atoms with E-state index < -0.39 is 31.4 Å². The number of hydrogen-bond donors (Lipinski definition) is 3. The van der Waals surface area contributed by atoms with Crippen LogP contribution < -0.4 is 20.9 Å². The lowest BCUT2D eigenvalue weighted by atomic mass is 10.0. The van der Waals surface area contributed by atoms with Crippen molar-refractivity contribution in [3.05, 3.63) is 47.0 Å². The first-order chi connectivity index (χ1) is 18.0. The van der Waals surface area contributed by atoms with E-state index in [9.17, 15) is 14.2 Å². The molecule has 1 aliphatic rings. The maximum absolute atomic E-state index is 13.7. The summed E-state index contributed by atoms with van der Waals surface area (Å²) in [7, 11) is -4.00. The van der Waals surface area contributed by atoms with E-state index in [4.69, 9.17) is 24.3 Å². The third kappa shape index (κ3) is 6.79. The minimum atomic E-state index is -4.00. The fourth-order valence-electron chi connectivity index (χ4n) is 4.15. The number of para-hydroxylation sites is 1. The number of aromatic amines is 1. The molecule has 2 aromatic heterocycles. The number of hydrogen-bond acceptors (Lipinski definition) is 10. The largest absolute Gasteiger partial charge is 0.462 e. The zero-order valence-electron chi connectivity index (χ0n) is 21.7. The molecule has 0 aliphatic carbocycles. The third-order valence-electron chi connectivity index (χ3n) is 5.96. The highest BCUT2D eigenvalue weighted by molar-refractivity contribution is 7.52. The molecule has 1 fully saturated rings. The Kier molecular flexibility index (Phi) is 8.51. The van der Waals surface area contributed by atoms with Gasteiger partial charge in [-0.1, -0.05) is 25.1 Å². The van der Waals surface area contributed by atoms with Gasteiger partial charge in [-0.05, 0) is 45.2 Å². The highest BCUT2D eigenvalue weighted by Gasteiger charge is 2.37. The first-order valence-corrected chi connectivity index (χ1v) is 13.9. The Morgan fingerprint density at radius 3 is 2.76 bits per heavy atom. The number of aromatic nitrogens is 4. The van der Waals surface area contributed by atoms with Crippen LogP contribution >= 0.6 is 7.75 Å². The number of benzene rings is 1. The Hall–Kier alpha value is -3.25. The highest BCUT2D eigenvalue weighted by atomic mass is 31.2. The average Bonchev–Trinajstić information content (AvgIpc) is 3.41. The zero-order valence-corrected chi connectivity index (χ0v) is 22.6. The molecule has 206 valence electrons. The number of nitrogens with zero attached hydrogens (tertiary/aromatic N) is 3. The molecule has 1 aliphatic heterocycles. The lowest BCUT2D eigenvalue weighted by Crippen LogP contribution is -2.36. The van der Waals surface area contributed by atoms with Gasteiger partial charge in [0.15, 0.2) is 11.2 Å². The number of carbonyl (C=O) groups is 1. The second-order valence-electron chi connectivity index (χ2n) is 9.56. The molecule has 1 saturated heterocycles.